The third-order valence-corrected chi connectivity index (χ3v) is 6.89. The molecule has 0 spiro atoms. The van der Waals surface area contributed by atoms with Gasteiger partial charge >= 0.3 is 6.18 Å². The maximum atomic E-state index is 13.6. The number of anilines is 1. The molecule has 11 heteroatoms. The van der Waals surface area contributed by atoms with Crippen molar-refractivity contribution in [2.75, 3.05) is 31.6 Å². The molecule has 1 saturated heterocycles. The number of hydrogen-bond acceptors (Lipinski definition) is 6. The summed E-state index contributed by atoms with van der Waals surface area (Å²) in [4.78, 5) is 26.0. The molecule has 7 nitrogen and oxygen atoms in total. The minimum absolute atomic E-state index is 0.0731. The molecule has 1 atom stereocenters. The summed E-state index contributed by atoms with van der Waals surface area (Å²) in [6.45, 7) is 3.46. The average molecular weight is 548 g/mol. The maximum absolute atomic E-state index is 13.6. The number of methoxy groups -OCH3 is 1. The SMILES string of the molecule is CC[C@@H]1CN(C(=O)c2ccc(Cl)cc2C(F)(F)F)CCN1c1ccc(-c2cccnc2COC)nc1CN. The van der Waals surface area contributed by atoms with E-state index in [1.807, 2.05) is 31.2 Å². The molecule has 202 valence electrons. The van der Waals surface area contributed by atoms with Gasteiger partial charge in [0.25, 0.3) is 5.91 Å². The summed E-state index contributed by atoms with van der Waals surface area (Å²) in [5.41, 5.74) is 8.53. The van der Waals surface area contributed by atoms with Gasteiger partial charge in [0, 0.05) is 56.1 Å². The second kappa shape index (κ2) is 11.7. The topological polar surface area (TPSA) is 84.6 Å². The average Bonchev–Trinajstić information content (AvgIpc) is 2.92. The molecule has 2 aromatic heterocycles. The Kier molecular flexibility index (Phi) is 8.54. The number of nitrogens with zero attached hydrogens (tertiary/aromatic N) is 4. The number of carbonyl (C=O) groups is 1. The van der Waals surface area contributed by atoms with E-state index in [0.29, 0.717) is 25.3 Å². The molecular weight excluding hydrogens is 519 g/mol. The molecule has 1 aliphatic rings. The molecule has 0 radical (unpaired) electrons. The third-order valence-electron chi connectivity index (χ3n) is 6.66. The second-order valence-electron chi connectivity index (χ2n) is 8.99. The predicted octanol–water partition coefficient (Wildman–Crippen LogP) is 5.16. The lowest BCUT2D eigenvalue weighted by molar-refractivity contribution is -0.138. The smallest absolute Gasteiger partial charge is 0.378 e. The Labute approximate surface area is 224 Å². The molecule has 4 rings (SSSR count). The first-order chi connectivity index (χ1) is 18.2. The highest BCUT2D eigenvalue weighted by Gasteiger charge is 2.38. The third kappa shape index (κ3) is 5.77. The van der Waals surface area contributed by atoms with Gasteiger partial charge in [-0.25, -0.2) is 4.98 Å². The van der Waals surface area contributed by atoms with E-state index in [2.05, 4.69) is 9.88 Å². The van der Waals surface area contributed by atoms with Gasteiger partial charge in [0.2, 0.25) is 0 Å². The van der Waals surface area contributed by atoms with Crippen LogP contribution in [-0.2, 0) is 24.1 Å². The van der Waals surface area contributed by atoms with Crippen molar-refractivity contribution in [2.24, 2.45) is 5.73 Å². The molecule has 0 unspecified atom stereocenters. The fraction of sp³-hybridized carbons (Fsp3) is 0.370. The number of halogens is 4. The molecule has 3 aromatic rings. The van der Waals surface area contributed by atoms with Gasteiger partial charge in [0.1, 0.15) is 0 Å². The fourth-order valence-corrected chi connectivity index (χ4v) is 4.96. The second-order valence-corrected chi connectivity index (χ2v) is 9.43. The zero-order valence-corrected chi connectivity index (χ0v) is 21.9. The Hall–Kier alpha value is -3.21. The molecule has 0 saturated carbocycles. The number of piperazine rings is 1. The Balaban J connectivity index is 1.60. The van der Waals surface area contributed by atoms with Crippen LogP contribution in [0.15, 0.2) is 48.7 Å². The highest BCUT2D eigenvalue weighted by Crippen LogP contribution is 2.35. The van der Waals surface area contributed by atoms with Crippen LogP contribution >= 0.6 is 11.6 Å². The number of pyridine rings is 2. The molecule has 38 heavy (non-hydrogen) atoms. The largest absolute Gasteiger partial charge is 0.417 e. The van der Waals surface area contributed by atoms with E-state index < -0.39 is 23.2 Å². The first kappa shape index (κ1) is 27.8. The van der Waals surface area contributed by atoms with Crippen LogP contribution in [0.1, 0.15) is 40.7 Å². The Morgan fingerprint density at radius 3 is 2.66 bits per heavy atom. The summed E-state index contributed by atoms with van der Waals surface area (Å²) in [6, 6.07) is 10.7. The highest BCUT2D eigenvalue weighted by atomic mass is 35.5. The monoisotopic (exact) mass is 547 g/mol. The molecule has 0 bridgehead atoms. The number of carbonyl (C=O) groups excluding carboxylic acids is 1. The van der Waals surface area contributed by atoms with E-state index in [9.17, 15) is 18.0 Å². The number of benzene rings is 1. The number of aromatic nitrogens is 2. The number of amides is 1. The van der Waals surface area contributed by atoms with Crippen LogP contribution in [-0.4, -0.2) is 53.6 Å². The van der Waals surface area contributed by atoms with Crippen LogP contribution in [0.2, 0.25) is 5.02 Å². The van der Waals surface area contributed by atoms with Gasteiger partial charge in [0.05, 0.1) is 40.5 Å². The lowest BCUT2D eigenvalue weighted by atomic mass is 10.0. The van der Waals surface area contributed by atoms with Gasteiger partial charge in [-0.15, -0.1) is 0 Å². The van der Waals surface area contributed by atoms with Crippen molar-refractivity contribution in [3.63, 3.8) is 0 Å². The summed E-state index contributed by atoms with van der Waals surface area (Å²) in [6.07, 6.45) is -2.32. The fourth-order valence-electron chi connectivity index (χ4n) is 4.79. The summed E-state index contributed by atoms with van der Waals surface area (Å²) in [5, 5.41) is -0.0731. The van der Waals surface area contributed by atoms with Crippen molar-refractivity contribution >= 4 is 23.2 Å². The molecule has 1 aliphatic heterocycles. The molecule has 2 N–H and O–H groups in total. The van der Waals surface area contributed by atoms with Crippen molar-refractivity contribution in [3.05, 3.63) is 76.2 Å². The van der Waals surface area contributed by atoms with Crippen molar-refractivity contribution in [3.8, 4) is 11.3 Å². The van der Waals surface area contributed by atoms with E-state index >= 15 is 0 Å². The quantitative estimate of drug-likeness (QED) is 0.440. The zero-order chi connectivity index (χ0) is 27.4. The first-order valence-corrected chi connectivity index (χ1v) is 12.6. The highest BCUT2D eigenvalue weighted by molar-refractivity contribution is 6.30. The van der Waals surface area contributed by atoms with Crippen LogP contribution in [0, 0.1) is 0 Å². The van der Waals surface area contributed by atoms with Crippen LogP contribution < -0.4 is 10.6 Å². The summed E-state index contributed by atoms with van der Waals surface area (Å²) < 4.78 is 46.1. The Morgan fingerprint density at radius 1 is 1.18 bits per heavy atom. The summed E-state index contributed by atoms with van der Waals surface area (Å²) in [5.74, 6) is -0.665. The van der Waals surface area contributed by atoms with Crippen molar-refractivity contribution in [2.45, 2.75) is 38.7 Å². The van der Waals surface area contributed by atoms with Crippen LogP contribution in [0.3, 0.4) is 0 Å². The lowest BCUT2D eigenvalue weighted by Crippen LogP contribution is -2.55. The van der Waals surface area contributed by atoms with Gasteiger partial charge in [-0.05, 0) is 48.9 Å². The number of alkyl halides is 3. The molecular formula is C27H29ClF3N5O2. The summed E-state index contributed by atoms with van der Waals surface area (Å²) in [7, 11) is 1.60. The van der Waals surface area contributed by atoms with E-state index in [1.54, 1.807) is 13.3 Å². The molecule has 0 aliphatic carbocycles. The molecule has 1 fully saturated rings. The van der Waals surface area contributed by atoms with Crippen LogP contribution in [0.4, 0.5) is 18.9 Å². The van der Waals surface area contributed by atoms with E-state index in [0.717, 1.165) is 34.8 Å². The minimum atomic E-state index is -4.69. The van der Waals surface area contributed by atoms with Gasteiger partial charge in [-0.1, -0.05) is 18.5 Å². The molecule has 1 aromatic carbocycles. The molecule has 3 heterocycles. The Bertz CT molecular complexity index is 1300. The first-order valence-electron chi connectivity index (χ1n) is 12.2. The van der Waals surface area contributed by atoms with Crippen molar-refractivity contribution in [1.29, 1.82) is 0 Å². The number of nitrogens with two attached hydrogens (primary N) is 1. The predicted molar refractivity (Wildman–Crippen MR) is 140 cm³/mol. The number of ether oxygens (including phenoxy) is 1. The van der Waals surface area contributed by atoms with Gasteiger partial charge in [0.15, 0.2) is 0 Å². The van der Waals surface area contributed by atoms with Crippen molar-refractivity contribution in [1.82, 2.24) is 14.9 Å². The van der Waals surface area contributed by atoms with E-state index in [4.69, 9.17) is 27.1 Å². The summed E-state index contributed by atoms with van der Waals surface area (Å²) >= 11 is 5.79. The molecule has 1 amide bonds. The standard InChI is InChI=1S/C27H29ClF3N5O2/c1-3-18-15-35(26(37)19-7-6-17(28)13-21(19)27(29,30)31)11-12-36(18)25-9-8-22(34-23(25)14-32)20-5-4-10-33-24(20)16-38-2/h4-10,13,18H,3,11-12,14-16,32H2,1-2H3/t18-/m1/s1. The maximum Gasteiger partial charge on any atom is 0.417 e. The number of hydrogen-bond donors (Lipinski definition) is 1. The Morgan fingerprint density at radius 2 is 1.97 bits per heavy atom. The van der Waals surface area contributed by atoms with Crippen LogP contribution in [0.5, 0.6) is 0 Å². The number of rotatable bonds is 7. The van der Waals surface area contributed by atoms with Gasteiger partial charge in [-0.2, -0.15) is 13.2 Å². The normalized spacial score (nSPS) is 16.1. The lowest BCUT2D eigenvalue weighted by Gasteiger charge is -2.43. The minimum Gasteiger partial charge on any atom is -0.378 e. The zero-order valence-electron chi connectivity index (χ0n) is 21.1. The van der Waals surface area contributed by atoms with E-state index in [-0.39, 0.29) is 30.7 Å². The van der Waals surface area contributed by atoms with Gasteiger partial charge < -0.3 is 20.3 Å². The van der Waals surface area contributed by atoms with Crippen LogP contribution in [0.25, 0.3) is 11.3 Å². The van der Waals surface area contributed by atoms with Crippen molar-refractivity contribution < 1.29 is 22.7 Å². The van der Waals surface area contributed by atoms with Gasteiger partial charge in [-0.3, -0.25) is 9.78 Å². The van der Waals surface area contributed by atoms with E-state index in [1.165, 1.54) is 11.0 Å².